The van der Waals surface area contributed by atoms with E-state index in [1.54, 1.807) is 65.2 Å². The summed E-state index contributed by atoms with van der Waals surface area (Å²) in [6.07, 6.45) is 3.80. The number of fused-ring (bicyclic) bond motifs is 1. The number of methoxy groups -OCH3 is 1. The fourth-order valence-corrected chi connectivity index (χ4v) is 3.95. The van der Waals surface area contributed by atoms with Gasteiger partial charge in [0.2, 0.25) is 5.88 Å². The predicted octanol–water partition coefficient (Wildman–Crippen LogP) is 3.50. The molecule has 3 aromatic heterocycles. The fourth-order valence-electron chi connectivity index (χ4n) is 3.95. The van der Waals surface area contributed by atoms with Crippen LogP contribution in [0.15, 0.2) is 36.7 Å². The lowest BCUT2D eigenvalue weighted by Crippen LogP contribution is -2.58. The van der Waals surface area contributed by atoms with Crippen LogP contribution in [-0.2, 0) is 4.74 Å². The summed E-state index contributed by atoms with van der Waals surface area (Å²) in [5, 5.41) is 20.9. The molecule has 1 aliphatic rings. The Balaban J connectivity index is 1.76. The van der Waals surface area contributed by atoms with Crippen LogP contribution in [0.2, 0.25) is 0 Å². The number of nitrogens with zero attached hydrogens (tertiary/aromatic N) is 4. The Morgan fingerprint density at radius 2 is 2.06 bits per heavy atom. The van der Waals surface area contributed by atoms with Gasteiger partial charge in [0.15, 0.2) is 0 Å². The molecule has 0 aromatic carbocycles. The van der Waals surface area contributed by atoms with Crippen LogP contribution in [0.4, 0.5) is 22.0 Å². The summed E-state index contributed by atoms with van der Waals surface area (Å²) in [7, 11) is 3.09. The second-order valence-electron chi connectivity index (χ2n) is 10.1. The molecule has 1 saturated carbocycles. The van der Waals surface area contributed by atoms with Crippen LogP contribution in [0, 0.1) is 0 Å². The van der Waals surface area contributed by atoms with Crippen molar-refractivity contribution in [3.05, 3.63) is 42.2 Å². The van der Waals surface area contributed by atoms with Crippen LogP contribution in [0.1, 0.15) is 50.9 Å². The number of aliphatic hydroxyl groups is 1. The van der Waals surface area contributed by atoms with Gasteiger partial charge in [0, 0.05) is 25.0 Å². The maximum Gasteiger partial charge on any atom is 0.415 e. The van der Waals surface area contributed by atoms with Crippen molar-refractivity contribution in [2.24, 2.45) is 0 Å². The molecule has 0 spiro atoms. The zero-order valence-corrected chi connectivity index (χ0v) is 21.3. The highest BCUT2D eigenvalue weighted by molar-refractivity contribution is 6.02. The molecule has 0 aliphatic heterocycles. The van der Waals surface area contributed by atoms with E-state index >= 15 is 0 Å². The van der Waals surface area contributed by atoms with E-state index in [4.69, 9.17) is 9.47 Å². The Kier molecular flexibility index (Phi) is 6.52. The third-order valence-electron chi connectivity index (χ3n) is 6.09. The van der Waals surface area contributed by atoms with Gasteiger partial charge in [-0.15, -0.1) is 0 Å². The molecule has 2 amide bonds. The number of carbonyl (C=O) groups excluding carboxylic acids is 2. The number of aromatic nitrogens is 3. The van der Waals surface area contributed by atoms with Crippen LogP contribution < -0.4 is 20.3 Å². The Hall–Kier alpha value is -3.86. The average Bonchev–Trinajstić information content (AvgIpc) is 3.24. The summed E-state index contributed by atoms with van der Waals surface area (Å²) in [5.74, 6) is 0.400. The molecule has 1 fully saturated rings. The third kappa shape index (κ3) is 5.06. The number of ether oxygens (including phenoxy) is 2. The highest BCUT2D eigenvalue weighted by atomic mass is 16.6. The van der Waals surface area contributed by atoms with Gasteiger partial charge in [-0.2, -0.15) is 5.10 Å². The second kappa shape index (κ2) is 9.30. The molecule has 11 nitrogen and oxygen atoms in total. The number of amides is 2. The first kappa shape index (κ1) is 25.2. The maximum absolute atomic E-state index is 13.2. The van der Waals surface area contributed by atoms with Gasteiger partial charge < -0.3 is 25.2 Å². The summed E-state index contributed by atoms with van der Waals surface area (Å²) >= 11 is 0. The number of anilines is 3. The van der Waals surface area contributed by atoms with E-state index in [1.807, 2.05) is 0 Å². The zero-order valence-electron chi connectivity index (χ0n) is 21.3. The van der Waals surface area contributed by atoms with E-state index in [2.05, 4.69) is 20.7 Å². The molecule has 3 heterocycles. The van der Waals surface area contributed by atoms with Gasteiger partial charge in [-0.25, -0.2) is 14.3 Å². The van der Waals surface area contributed by atoms with E-state index in [0.29, 0.717) is 47.0 Å². The molecule has 11 heteroatoms. The minimum Gasteiger partial charge on any atom is -0.480 e. The Labute approximate surface area is 209 Å². The molecule has 0 saturated heterocycles. The van der Waals surface area contributed by atoms with Crippen molar-refractivity contribution in [3.63, 3.8) is 0 Å². The molecular weight excluding hydrogens is 464 g/mol. The standard InChI is InChI=1S/C25H32N6O5/c1-24(2,3)36-23(33)30(5)20-13-15(28-17-8-7-11-26-22(17)35-6)12-18-16(14-27-31(18)20)21(32)29-19-9-10-25(19,4)34/h7-8,11-14,19,28,34H,9-10H2,1-6H3,(H,29,32)/t19?,25-/m1/s1. The minimum atomic E-state index is -0.940. The van der Waals surface area contributed by atoms with Crippen LogP contribution in [0.25, 0.3) is 5.52 Å². The summed E-state index contributed by atoms with van der Waals surface area (Å²) in [5.41, 5.74) is 0.307. The van der Waals surface area contributed by atoms with Crippen molar-refractivity contribution in [2.75, 3.05) is 24.4 Å². The quantitative estimate of drug-likeness (QED) is 0.473. The molecule has 36 heavy (non-hydrogen) atoms. The molecule has 3 N–H and O–H groups in total. The lowest BCUT2D eigenvalue weighted by Gasteiger charge is -2.42. The van der Waals surface area contributed by atoms with Gasteiger partial charge in [-0.05, 0) is 58.7 Å². The summed E-state index contributed by atoms with van der Waals surface area (Å²) in [6.45, 7) is 7.06. The topological polar surface area (TPSA) is 130 Å². The Bertz CT molecular complexity index is 1300. The summed E-state index contributed by atoms with van der Waals surface area (Å²) < 4.78 is 12.4. The number of carbonyl (C=O) groups is 2. The van der Waals surface area contributed by atoms with Crippen LogP contribution in [-0.4, -0.2) is 63.1 Å². The van der Waals surface area contributed by atoms with Crippen molar-refractivity contribution >= 4 is 34.7 Å². The minimum absolute atomic E-state index is 0.304. The number of pyridine rings is 2. The number of hydrogen-bond donors (Lipinski definition) is 3. The number of nitrogens with one attached hydrogen (secondary N) is 2. The molecule has 0 radical (unpaired) electrons. The van der Waals surface area contributed by atoms with Crippen LogP contribution >= 0.6 is 0 Å². The summed E-state index contributed by atoms with van der Waals surface area (Å²) in [4.78, 5) is 31.6. The predicted molar refractivity (Wildman–Crippen MR) is 135 cm³/mol. The Morgan fingerprint density at radius 3 is 2.67 bits per heavy atom. The molecule has 2 atom stereocenters. The van der Waals surface area contributed by atoms with E-state index in [9.17, 15) is 14.7 Å². The van der Waals surface area contributed by atoms with Crippen LogP contribution in [0.3, 0.4) is 0 Å². The first-order valence-electron chi connectivity index (χ1n) is 11.7. The van der Waals surface area contributed by atoms with Gasteiger partial charge in [0.25, 0.3) is 5.91 Å². The molecule has 4 rings (SSSR count). The van der Waals surface area contributed by atoms with Crippen molar-refractivity contribution in [2.45, 2.75) is 57.8 Å². The van der Waals surface area contributed by atoms with Gasteiger partial charge in [0.1, 0.15) is 17.1 Å². The largest absolute Gasteiger partial charge is 0.480 e. The number of rotatable bonds is 6. The van der Waals surface area contributed by atoms with Gasteiger partial charge in [0.05, 0.1) is 36.0 Å². The smallest absolute Gasteiger partial charge is 0.415 e. The monoisotopic (exact) mass is 496 g/mol. The van der Waals surface area contributed by atoms with E-state index in [-0.39, 0.29) is 11.9 Å². The fraction of sp³-hybridized carbons (Fsp3) is 0.440. The first-order valence-corrected chi connectivity index (χ1v) is 11.7. The van der Waals surface area contributed by atoms with Crippen molar-refractivity contribution in [1.29, 1.82) is 0 Å². The van der Waals surface area contributed by atoms with E-state index in [1.165, 1.54) is 22.7 Å². The Morgan fingerprint density at radius 1 is 1.31 bits per heavy atom. The highest BCUT2D eigenvalue weighted by Crippen LogP contribution is 2.33. The van der Waals surface area contributed by atoms with Gasteiger partial charge >= 0.3 is 6.09 Å². The van der Waals surface area contributed by atoms with Crippen molar-refractivity contribution < 1.29 is 24.2 Å². The maximum atomic E-state index is 13.2. The molecule has 3 aromatic rings. The lowest BCUT2D eigenvalue weighted by molar-refractivity contribution is -0.0486. The zero-order chi connectivity index (χ0) is 26.3. The van der Waals surface area contributed by atoms with Crippen molar-refractivity contribution in [3.8, 4) is 5.88 Å². The molecule has 1 unspecified atom stereocenters. The number of hydrogen-bond acceptors (Lipinski definition) is 8. The van der Waals surface area contributed by atoms with Gasteiger partial charge in [-0.3, -0.25) is 9.69 Å². The molecule has 0 bridgehead atoms. The molecule has 1 aliphatic carbocycles. The SMILES string of the molecule is COc1ncccc1Nc1cc(N(C)C(=O)OC(C)(C)C)n2ncc(C(=O)NC3CC[C@@]3(C)O)c2c1. The second-order valence-corrected chi connectivity index (χ2v) is 10.1. The van der Waals surface area contributed by atoms with Gasteiger partial charge in [-0.1, -0.05) is 0 Å². The van der Waals surface area contributed by atoms with E-state index < -0.39 is 17.3 Å². The highest BCUT2D eigenvalue weighted by Gasteiger charge is 2.42. The van der Waals surface area contributed by atoms with Crippen LogP contribution in [0.5, 0.6) is 5.88 Å². The first-order chi connectivity index (χ1) is 16.9. The van der Waals surface area contributed by atoms with E-state index in [0.717, 1.165) is 0 Å². The average molecular weight is 497 g/mol. The molecule has 192 valence electrons. The lowest BCUT2D eigenvalue weighted by atomic mass is 9.76. The summed E-state index contributed by atoms with van der Waals surface area (Å²) in [6, 6.07) is 6.69. The normalized spacial score (nSPS) is 19.4. The van der Waals surface area contributed by atoms with Crippen molar-refractivity contribution in [1.82, 2.24) is 19.9 Å². The molecular formula is C25H32N6O5. The third-order valence-corrected chi connectivity index (χ3v) is 6.09.